The second-order valence-electron chi connectivity index (χ2n) is 7.09. The zero-order valence-electron chi connectivity index (χ0n) is 15.1. The largest absolute Gasteiger partial charge is 0.612 e. The summed E-state index contributed by atoms with van der Waals surface area (Å²) in [6.45, 7) is 1.13. The van der Waals surface area contributed by atoms with E-state index in [1.54, 1.807) is 23.4 Å². The molecule has 3 aromatic rings. The Kier molecular flexibility index (Phi) is 4.22. The first-order chi connectivity index (χ1) is 13.5. The van der Waals surface area contributed by atoms with E-state index in [4.69, 9.17) is 4.42 Å². The van der Waals surface area contributed by atoms with Crippen molar-refractivity contribution in [1.82, 2.24) is 14.9 Å². The molecule has 1 amide bonds. The van der Waals surface area contributed by atoms with Gasteiger partial charge in [0.15, 0.2) is 10.5 Å². The quantitative estimate of drug-likeness (QED) is 0.652. The Morgan fingerprint density at radius 1 is 1.36 bits per heavy atom. The maximum atomic E-state index is 12.1. The first-order valence-electron chi connectivity index (χ1n) is 8.95. The van der Waals surface area contributed by atoms with Crippen LogP contribution in [-0.2, 0) is 11.2 Å². The van der Waals surface area contributed by atoms with Crippen LogP contribution in [0.5, 0.6) is 0 Å². The molecule has 1 N–H and O–H groups in total. The highest BCUT2D eigenvalue weighted by atomic mass is 32.2. The summed E-state index contributed by atoms with van der Waals surface area (Å²) in [5, 5.41) is 12.1. The number of rotatable bonds is 3. The number of thiazole rings is 1. The van der Waals surface area contributed by atoms with Crippen LogP contribution in [0.1, 0.15) is 12.8 Å². The lowest BCUT2D eigenvalue weighted by Gasteiger charge is -2.38. The number of aromatic nitrogens is 2. The monoisotopic (exact) mass is 418 g/mol. The number of benzene rings is 1. The van der Waals surface area contributed by atoms with Crippen LogP contribution in [0.3, 0.4) is 0 Å². The van der Waals surface area contributed by atoms with E-state index in [9.17, 15) is 14.5 Å². The van der Waals surface area contributed by atoms with E-state index in [0.717, 1.165) is 23.4 Å². The minimum atomic E-state index is -1.15. The number of hydrogen-bond acceptors (Lipinski definition) is 7. The fourth-order valence-corrected chi connectivity index (χ4v) is 5.40. The Hall–Kier alpha value is -2.30. The molecule has 2 fully saturated rings. The third-order valence-electron chi connectivity index (χ3n) is 5.42. The lowest BCUT2D eigenvalue weighted by Crippen LogP contribution is -2.55. The fraction of sp³-hybridized carbons (Fsp3) is 0.389. The molecule has 5 rings (SSSR count). The number of piperazine rings is 1. The highest BCUT2D eigenvalue weighted by molar-refractivity contribution is 7.90. The zero-order chi connectivity index (χ0) is 19.4. The van der Waals surface area contributed by atoms with Gasteiger partial charge in [0.25, 0.3) is 6.01 Å². The molecular weight excluding hydrogens is 400 g/mol. The van der Waals surface area contributed by atoms with Crippen molar-refractivity contribution in [3.05, 3.63) is 23.7 Å². The molecule has 10 heteroatoms. The van der Waals surface area contributed by atoms with Crippen molar-refractivity contribution in [3.63, 3.8) is 0 Å². The number of nitrogens with zero attached hydrogens (tertiary/aromatic N) is 4. The van der Waals surface area contributed by atoms with E-state index >= 15 is 0 Å². The smallest absolute Gasteiger partial charge is 0.407 e. The minimum Gasteiger partial charge on any atom is -0.612 e. The Bertz CT molecular complexity index is 1020. The highest BCUT2D eigenvalue weighted by Crippen LogP contribution is 2.37. The first-order valence-corrected chi connectivity index (χ1v) is 11.4. The van der Waals surface area contributed by atoms with E-state index in [1.165, 1.54) is 11.3 Å². The number of carboxylic acid groups (broad SMARTS) is 1. The van der Waals surface area contributed by atoms with Crippen molar-refractivity contribution in [2.75, 3.05) is 24.2 Å². The summed E-state index contributed by atoms with van der Waals surface area (Å²) in [5.74, 6) is 0. The zero-order valence-corrected chi connectivity index (χ0v) is 16.7. The van der Waals surface area contributed by atoms with E-state index in [-0.39, 0.29) is 12.1 Å². The minimum absolute atomic E-state index is 0.0385. The number of anilines is 1. The predicted molar refractivity (Wildman–Crippen MR) is 106 cm³/mol. The number of amides is 1. The Balaban J connectivity index is 1.55. The standard InChI is InChI=1S/C18H18N4O4S2/c1-28(25)12-6-13(16-19-4-5-27-16)15-14(7-12)20-17(26-15)21-8-10-2-3-11(9-21)22(10)18(23)24/h4-7,10-11H,2-3,8-9H2,1H3,(H,23,24). The topological polar surface area (TPSA) is 106 Å². The van der Waals surface area contributed by atoms with Crippen LogP contribution in [0.2, 0.25) is 0 Å². The first kappa shape index (κ1) is 17.8. The van der Waals surface area contributed by atoms with Gasteiger partial charge in [-0.3, -0.25) is 4.90 Å². The summed E-state index contributed by atoms with van der Waals surface area (Å²) in [6, 6.07) is 4.04. The molecule has 3 unspecified atom stereocenters. The molecule has 8 nitrogen and oxygen atoms in total. The van der Waals surface area contributed by atoms with E-state index in [0.29, 0.717) is 35.1 Å². The van der Waals surface area contributed by atoms with Gasteiger partial charge >= 0.3 is 6.09 Å². The van der Waals surface area contributed by atoms with Gasteiger partial charge in [0, 0.05) is 36.8 Å². The SMILES string of the molecule is C[S+]([O-])c1cc(-c2nccs2)c2oc(N3CC4CCC(C3)N4C(=O)O)nc2c1. The fourth-order valence-electron chi connectivity index (χ4n) is 4.18. The van der Waals surface area contributed by atoms with Gasteiger partial charge in [0.05, 0.1) is 17.6 Å². The second-order valence-corrected chi connectivity index (χ2v) is 9.36. The van der Waals surface area contributed by atoms with Gasteiger partial charge in [-0.15, -0.1) is 11.3 Å². The highest BCUT2D eigenvalue weighted by Gasteiger charge is 2.43. The van der Waals surface area contributed by atoms with Gasteiger partial charge in [0.1, 0.15) is 16.8 Å². The third kappa shape index (κ3) is 2.83. The normalized spacial score (nSPS) is 22.8. The molecule has 0 spiro atoms. The molecule has 2 saturated heterocycles. The molecule has 2 aromatic heterocycles. The van der Waals surface area contributed by atoms with Crippen molar-refractivity contribution < 1.29 is 18.9 Å². The van der Waals surface area contributed by atoms with Gasteiger partial charge in [0.2, 0.25) is 0 Å². The van der Waals surface area contributed by atoms with Crippen LogP contribution >= 0.6 is 11.3 Å². The van der Waals surface area contributed by atoms with Crippen molar-refractivity contribution >= 4 is 45.7 Å². The summed E-state index contributed by atoms with van der Waals surface area (Å²) in [5.41, 5.74) is 2.04. The van der Waals surface area contributed by atoms with Crippen LogP contribution < -0.4 is 4.90 Å². The molecule has 3 atom stereocenters. The van der Waals surface area contributed by atoms with Crippen molar-refractivity contribution in [2.24, 2.45) is 0 Å². The van der Waals surface area contributed by atoms with Gasteiger partial charge in [-0.05, 0) is 24.0 Å². The Morgan fingerprint density at radius 3 is 2.71 bits per heavy atom. The lowest BCUT2D eigenvalue weighted by atomic mass is 10.2. The number of carbonyl (C=O) groups is 1. The number of fused-ring (bicyclic) bond motifs is 3. The van der Waals surface area contributed by atoms with E-state index in [2.05, 4.69) is 9.97 Å². The summed E-state index contributed by atoms with van der Waals surface area (Å²) >= 11 is 0.333. The average molecular weight is 419 g/mol. The number of oxazole rings is 1. The molecule has 2 bridgehead atoms. The molecule has 4 heterocycles. The van der Waals surface area contributed by atoms with Gasteiger partial charge in [-0.1, -0.05) is 0 Å². The van der Waals surface area contributed by atoms with Gasteiger partial charge in [-0.25, -0.2) is 9.78 Å². The van der Waals surface area contributed by atoms with Crippen molar-refractivity contribution in [3.8, 4) is 10.6 Å². The lowest BCUT2D eigenvalue weighted by molar-refractivity contribution is 0.114. The maximum Gasteiger partial charge on any atom is 0.407 e. The second kappa shape index (κ2) is 6.64. The number of hydrogen-bond donors (Lipinski definition) is 1. The summed E-state index contributed by atoms with van der Waals surface area (Å²) in [6.07, 6.45) is 4.22. The Labute approximate surface area is 168 Å². The van der Waals surface area contributed by atoms with Crippen molar-refractivity contribution in [1.29, 1.82) is 0 Å². The molecule has 0 saturated carbocycles. The third-order valence-corrected chi connectivity index (χ3v) is 7.13. The molecule has 146 valence electrons. The maximum absolute atomic E-state index is 12.1. The molecule has 2 aliphatic rings. The Morgan fingerprint density at radius 2 is 2.11 bits per heavy atom. The summed E-state index contributed by atoms with van der Waals surface area (Å²) < 4.78 is 18.2. The average Bonchev–Trinajstić information content (AvgIpc) is 3.38. The molecular formula is C18H18N4O4S2. The van der Waals surface area contributed by atoms with Gasteiger partial charge < -0.3 is 19.0 Å². The molecule has 0 radical (unpaired) electrons. The predicted octanol–water partition coefficient (Wildman–Crippen LogP) is 3.02. The molecule has 0 aliphatic carbocycles. The van der Waals surface area contributed by atoms with Crippen LogP contribution in [0.4, 0.5) is 10.8 Å². The van der Waals surface area contributed by atoms with Crippen LogP contribution in [-0.4, -0.2) is 62.0 Å². The van der Waals surface area contributed by atoms with Crippen LogP contribution in [0.25, 0.3) is 21.7 Å². The van der Waals surface area contributed by atoms with Crippen molar-refractivity contribution in [2.45, 2.75) is 29.8 Å². The molecule has 28 heavy (non-hydrogen) atoms. The summed E-state index contributed by atoms with van der Waals surface area (Å²) in [4.78, 5) is 24.8. The van der Waals surface area contributed by atoms with E-state index in [1.807, 2.05) is 16.3 Å². The van der Waals surface area contributed by atoms with Crippen LogP contribution in [0.15, 0.2) is 33.0 Å². The molecule has 2 aliphatic heterocycles. The molecule has 1 aromatic carbocycles. The van der Waals surface area contributed by atoms with Crippen LogP contribution in [0, 0.1) is 0 Å². The van der Waals surface area contributed by atoms with Gasteiger partial charge in [-0.2, -0.15) is 4.98 Å². The summed E-state index contributed by atoms with van der Waals surface area (Å²) in [7, 11) is 0. The van der Waals surface area contributed by atoms with E-state index < -0.39 is 17.3 Å².